The zero-order valence-corrected chi connectivity index (χ0v) is 19.4. The third kappa shape index (κ3) is 5.39. The Hall–Kier alpha value is -1.97. The van der Waals surface area contributed by atoms with Crippen LogP contribution in [0.25, 0.3) is 0 Å². The zero-order chi connectivity index (χ0) is 22.0. The number of nitrogens with zero attached hydrogens (tertiary/aromatic N) is 1. The van der Waals surface area contributed by atoms with Gasteiger partial charge in [-0.3, -0.25) is 4.79 Å². The molecule has 0 amide bonds. The predicted octanol–water partition coefficient (Wildman–Crippen LogP) is 3.29. The van der Waals surface area contributed by atoms with E-state index in [4.69, 9.17) is 14.5 Å². The molecule has 1 N–H and O–H groups in total. The molecule has 7 nitrogen and oxygen atoms in total. The number of carbonyl (C=O) groups is 1. The molecule has 2 heterocycles. The van der Waals surface area contributed by atoms with Crippen molar-refractivity contribution in [1.82, 2.24) is 10.3 Å². The molecule has 1 aromatic carbocycles. The third-order valence-corrected chi connectivity index (χ3v) is 7.10. The summed E-state index contributed by atoms with van der Waals surface area (Å²) in [6, 6.07) is 6.30. The first-order valence-electron chi connectivity index (χ1n) is 9.82. The molecule has 0 unspecified atom stereocenters. The number of rotatable bonds is 6. The van der Waals surface area contributed by atoms with Gasteiger partial charge < -0.3 is 14.8 Å². The van der Waals surface area contributed by atoms with Crippen LogP contribution in [-0.2, 0) is 31.6 Å². The lowest BCUT2D eigenvalue weighted by Gasteiger charge is -2.37. The number of aromatic nitrogens is 1. The van der Waals surface area contributed by atoms with Gasteiger partial charge in [0.1, 0.15) is 17.4 Å². The average Bonchev–Trinajstić information content (AvgIpc) is 3.16. The quantitative estimate of drug-likeness (QED) is 0.672. The summed E-state index contributed by atoms with van der Waals surface area (Å²) >= 11 is 1.47. The zero-order valence-electron chi connectivity index (χ0n) is 17.7. The fraction of sp³-hybridized carbons (Fsp3) is 0.524. The van der Waals surface area contributed by atoms with Crippen LogP contribution in [0, 0.1) is 5.41 Å². The minimum atomic E-state index is -3.24. The Morgan fingerprint density at radius 1 is 1.20 bits per heavy atom. The molecular weight excluding hydrogens is 424 g/mol. The molecular formula is C21H28N2O5S2. The third-order valence-electron chi connectivity index (χ3n) is 4.89. The van der Waals surface area contributed by atoms with E-state index in [1.807, 2.05) is 26.2 Å². The van der Waals surface area contributed by atoms with Crippen LogP contribution in [0.1, 0.15) is 44.3 Å². The summed E-state index contributed by atoms with van der Waals surface area (Å²) in [6.07, 6.45) is 2.52. The smallest absolute Gasteiger partial charge is 0.312 e. The van der Waals surface area contributed by atoms with Crippen LogP contribution in [0.15, 0.2) is 34.5 Å². The Kier molecular flexibility index (Phi) is 6.54. The van der Waals surface area contributed by atoms with Gasteiger partial charge in [-0.15, -0.1) is 11.3 Å². The summed E-state index contributed by atoms with van der Waals surface area (Å²) in [6.45, 7) is 7.31. The molecule has 0 spiro atoms. The van der Waals surface area contributed by atoms with Crippen LogP contribution in [0.4, 0.5) is 0 Å². The van der Waals surface area contributed by atoms with Crippen molar-refractivity contribution in [2.24, 2.45) is 5.41 Å². The van der Waals surface area contributed by atoms with E-state index in [-0.39, 0.29) is 17.5 Å². The molecule has 0 aliphatic carbocycles. The van der Waals surface area contributed by atoms with E-state index in [1.165, 1.54) is 29.7 Å². The summed E-state index contributed by atoms with van der Waals surface area (Å²) in [4.78, 5) is 17.5. The SMILES string of the molecule is CC(C)(C)C(=O)OC1(c2nc(COc3ccc(S(C)(=O)=O)cc3)cs2)CCNCC1. The van der Waals surface area contributed by atoms with Crippen molar-refractivity contribution in [2.45, 2.75) is 50.7 Å². The van der Waals surface area contributed by atoms with E-state index in [2.05, 4.69) is 5.32 Å². The van der Waals surface area contributed by atoms with Crippen LogP contribution in [-0.4, -0.2) is 38.7 Å². The first kappa shape index (κ1) is 22.7. The number of hydrogen-bond donors (Lipinski definition) is 1. The molecule has 1 saturated heterocycles. The summed E-state index contributed by atoms with van der Waals surface area (Å²) in [5.74, 6) is 0.330. The van der Waals surface area contributed by atoms with Gasteiger partial charge in [0.15, 0.2) is 15.4 Å². The molecule has 0 radical (unpaired) electrons. The lowest BCUT2D eigenvalue weighted by atomic mass is 9.91. The summed E-state index contributed by atoms with van der Waals surface area (Å²) in [5, 5.41) is 6.00. The number of ether oxygens (including phenoxy) is 2. The van der Waals surface area contributed by atoms with Crippen molar-refractivity contribution in [2.75, 3.05) is 19.3 Å². The van der Waals surface area contributed by atoms with Crippen molar-refractivity contribution >= 4 is 27.1 Å². The highest BCUT2D eigenvalue weighted by atomic mass is 32.2. The molecule has 164 valence electrons. The molecule has 0 atom stereocenters. The number of sulfone groups is 1. The second-order valence-electron chi connectivity index (χ2n) is 8.56. The highest BCUT2D eigenvalue weighted by Crippen LogP contribution is 2.38. The number of thiazole rings is 1. The summed E-state index contributed by atoms with van der Waals surface area (Å²) in [7, 11) is -3.24. The number of hydrogen-bond acceptors (Lipinski definition) is 8. The standard InChI is InChI=1S/C21H28N2O5S2/c1-20(2,3)19(24)28-21(9-11-22-12-10-21)18-23-15(14-29-18)13-27-16-5-7-17(8-6-16)30(4,25)26/h5-8,14,22H,9-13H2,1-4H3. The van der Waals surface area contributed by atoms with Gasteiger partial charge in [0.05, 0.1) is 16.0 Å². The van der Waals surface area contributed by atoms with Crippen molar-refractivity contribution in [3.05, 3.63) is 40.3 Å². The molecule has 2 aromatic rings. The van der Waals surface area contributed by atoms with E-state index in [1.54, 1.807) is 12.1 Å². The van der Waals surface area contributed by atoms with Crippen LogP contribution in [0.5, 0.6) is 5.75 Å². The number of piperidine rings is 1. The highest BCUT2D eigenvalue weighted by molar-refractivity contribution is 7.90. The largest absolute Gasteiger partial charge is 0.487 e. The Morgan fingerprint density at radius 2 is 1.83 bits per heavy atom. The van der Waals surface area contributed by atoms with E-state index >= 15 is 0 Å². The molecule has 1 aliphatic rings. The number of benzene rings is 1. The molecule has 9 heteroatoms. The van der Waals surface area contributed by atoms with Crippen LogP contribution in [0.3, 0.4) is 0 Å². The molecule has 30 heavy (non-hydrogen) atoms. The topological polar surface area (TPSA) is 94.6 Å². The van der Waals surface area contributed by atoms with Gasteiger partial charge in [0, 0.05) is 24.5 Å². The average molecular weight is 453 g/mol. The minimum absolute atomic E-state index is 0.233. The molecule has 0 bridgehead atoms. The Balaban J connectivity index is 1.72. The van der Waals surface area contributed by atoms with Crippen molar-refractivity contribution in [1.29, 1.82) is 0 Å². The number of esters is 1. The molecule has 1 fully saturated rings. The van der Waals surface area contributed by atoms with E-state index in [0.29, 0.717) is 18.6 Å². The first-order valence-corrected chi connectivity index (χ1v) is 12.6. The van der Waals surface area contributed by atoms with Crippen LogP contribution >= 0.6 is 11.3 Å². The van der Waals surface area contributed by atoms with Gasteiger partial charge in [0.2, 0.25) is 0 Å². The Bertz CT molecular complexity index is 985. The molecule has 1 aliphatic heterocycles. The summed E-state index contributed by atoms with van der Waals surface area (Å²) < 4.78 is 34.9. The Labute approximate surface area is 181 Å². The fourth-order valence-corrected chi connectivity index (χ4v) is 4.67. The van der Waals surface area contributed by atoms with Gasteiger partial charge in [-0.1, -0.05) is 0 Å². The van der Waals surface area contributed by atoms with Crippen LogP contribution < -0.4 is 10.1 Å². The van der Waals surface area contributed by atoms with Crippen molar-refractivity contribution in [3.63, 3.8) is 0 Å². The maximum Gasteiger partial charge on any atom is 0.312 e. The van der Waals surface area contributed by atoms with Gasteiger partial charge in [0.25, 0.3) is 0 Å². The van der Waals surface area contributed by atoms with Crippen LogP contribution in [0.2, 0.25) is 0 Å². The lowest BCUT2D eigenvalue weighted by Crippen LogP contribution is -2.45. The maximum absolute atomic E-state index is 12.6. The van der Waals surface area contributed by atoms with Crippen molar-refractivity contribution in [3.8, 4) is 5.75 Å². The second-order valence-corrected chi connectivity index (χ2v) is 11.4. The normalized spacial score (nSPS) is 16.8. The van der Waals surface area contributed by atoms with E-state index in [0.717, 1.165) is 23.8 Å². The number of nitrogens with one attached hydrogen (secondary N) is 1. The monoisotopic (exact) mass is 452 g/mol. The first-order chi connectivity index (χ1) is 14.0. The molecule has 3 rings (SSSR count). The lowest BCUT2D eigenvalue weighted by molar-refractivity contribution is -0.174. The maximum atomic E-state index is 12.6. The van der Waals surface area contributed by atoms with Gasteiger partial charge in [-0.05, 0) is 58.1 Å². The minimum Gasteiger partial charge on any atom is -0.487 e. The van der Waals surface area contributed by atoms with E-state index in [9.17, 15) is 13.2 Å². The fourth-order valence-electron chi connectivity index (χ4n) is 3.04. The molecule has 1 aromatic heterocycles. The molecule has 0 saturated carbocycles. The van der Waals surface area contributed by atoms with Gasteiger partial charge in [-0.2, -0.15) is 0 Å². The van der Waals surface area contributed by atoms with Crippen molar-refractivity contribution < 1.29 is 22.7 Å². The van der Waals surface area contributed by atoms with E-state index < -0.39 is 20.9 Å². The second kappa shape index (κ2) is 8.64. The Morgan fingerprint density at radius 3 is 2.40 bits per heavy atom. The van der Waals surface area contributed by atoms with Gasteiger partial charge in [-0.25, -0.2) is 13.4 Å². The summed E-state index contributed by atoms with van der Waals surface area (Å²) in [5.41, 5.74) is -0.554. The number of carbonyl (C=O) groups excluding carboxylic acids is 1. The highest BCUT2D eigenvalue weighted by Gasteiger charge is 2.42. The predicted molar refractivity (Wildman–Crippen MR) is 115 cm³/mol. The van der Waals surface area contributed by atoms with Gasteiger partial charge >= 0.3 is 5.97 Å².